The van der Waals surface area contributed by atoms with Crippen molar-refractivity contribution in [3.05, 3.63) is 108 Å². The maximum atomic E-state index is 6.08. The van der Waals surface area contributed by atoms with Gasteiger partial charge in [0.05, 0.1) is 24.4 Å². The van der Waals surface area contributed by atoms with E-state index in [-0.39, 0.29) is 5.79 Å². The first-order valence-electron chi connectivity index (χ1n) is 12.9. The Balaban J connectivity index is 1.13. The minimum Gasteiger partial charge on any atom is -0.487 e. The summed E-state index contributed by atoms with van der Waals surface area (Å²) in [5.74, 6) is 0.815. The Morgan fingerprint density at radius 1 is 0.778 bits per heavy atom. The Labute approximate surface area is 212 Å². The molecule has 0 aliphatic carbocycles. The molecule has 1 aromatic heterocycles. The number of pyridine rings is 1. The maximum Gasteiger partial charge on any atom is 0.170 e. The largest absolute Gasteiger partial charge is 0.487 e. The molecule has 4 aromatic rings. The van der Waals surface area contributed by atoms with Crippen LogP contribution in [0.1, 0.15) is 35.6 Å². The molecule has 2 saturated heterocycles. The quantitative estimate of drug-likeness (QED) is 0.335. The van der Waals surface area contributed by atoms with E-state index in [0.29, 0.717) is 12.5 Å². The predicted octanol–water partition coefficient (Wildman–Crippen LogP) is 5.78. The molecule has 0 amide bonds. The Hall–Kier alpha value is -3.25. The van der Waals surface area contributed by atoms with Gasteiger partial charge in [0.1, 0.15) is 12.4 Å². The number of hydrogen-bond donors (Lipinski definition) is 0. The molecule has 1 unspecified atom stereocenters. The van der Waals surface area contributed by atoms with Gasteiger partial charge >= 0.3 is 0 Å². The predicted molar refractivity (Wildman–Crippen MR) is 141 cm³/mol. The highest BCUT2D eigenvalue weighted by Gasteiger charge is 2.40. The van der Waals surface area contributed by atoms with Crippen molar-refractivity contribution in [1.82, 2.24) is 9.88 Å². The Bertz CT molecular complexity index is 1280. The molecule has 0 radical (unpaired) electrons. The molecule has 1 spiro atoms. The average Bonchev–Trinajstić information content (AvgIpc) is 3.40. The third kappa shape index (κ3) is 5.14. The molecule has 2 fully saturated rings. The third-order valence-corrected chi connectivity index (χ3v) is 7.40. The molecule has 184 valence electrons. The zero-order valence-corrected chi connectivity index (χ0v) is 20.5. The van der Waals surface area contributed by atoms with Crippen molar-refractivity contribution >= 4 is 10.9 Å². The van der Waals surface area contributed by atoms with E-state index in [1.807, 2.05) is 24.3 Å². The highest BCUT2D eigenvalue weighted by Crippen LogP contribution is 2.34. The van der Waals surface area contributed by atoms with Crippen LogP contribution in [0.4, 0.5) is 0 Å². The van der Waals surface area contributed by atoms with Crippen LogP contribution in [0.5, 0.6) is 5.75 Å². The highest BCUT2D eigenvalue weighted by atomic mass is 16.7. The first-order chi connectivity index (χ1) is 17.8. The van der Waals surface area contributed by atoms with Crippen molar-refractivity contribution in [3.63, 3.8) is 0 Å². The fourth-order valence-electron chi connectivity index (χ4n) is 5.35. The van der Waals surface area contributed by atoms with Crippen LogP contribution in [-0.4, -0.2) is 48.5 Å². The van der Waals surface area contributed by atoms with E-state index in [2.05, 4.69) is 71.6 Å². The van der Waals surface area contributed by atoms with Gasteiger partial charge in [-0.15, -0.1) is 0 Å². The molecule has 0 bridgehead atoms. The van der Waals surface area contributed by atoms with E-state index in [9.17, 15) is 0 Å². The number of nitrogens with zero attached hydrogens (tertiary/aromatic N) is 2. The van der Waals surface area contributed by atoms with E-state index >= 15 is 0 Å². The number of aromatic nitrogens is 1. The van der Waals surface area contributed by atoms with Crippen molar-refractivity contribution < 1.29 is 14.2 Å². The van der Waals surface area contributed by atoms with E-state index in [1.165, 1.54) is 11.1 Å². The standard InChI is InChI=1S/C31H32N2O3/c1-2-6-24(7-3-1)29(22-33-18-16-31(17-19-33)35-20-21-36-31)25-11-14-28(15-12-25)34-23-27-13-10-26-8-4-5-9-30(26)32-27/h1-15,29H,16-23H2. The SMILES string of the molecule is c1ccc(C(CN2CCC3(CC2)OCCO3)c2ccc(OCc3ccc4ccccc4n3)cc2)cc1. The number of ether oxygens (including phenoxy) is 3. The summed E-state index contributed by atoms with van der Waals surface area (Å²) in [7, 11) is 0. The van der Waals surface area contributed by atoms with Gasteiger partial charge in [-0.05, 0) is 35.4 Å². The summed E-state index contributed by atoms with van der Waals surface area (Å²) >= 11 is 0. The second-order valence-electron chi connectivity index (χ2n) is 9.72. The van der Waals surface area contributed by atoms with Gasteiger partial charge in [0.15, 0.2) is 5.79 Å². The summed E-state index contributed by atoms with van der Waals surface area (Å²) in [6.07, 6.45) is 1.87. The van der Waals surface area contributed by atoms with Crippen LogP contribution < -0.4 is 4.74 Å². The van der Waals surface area contributed by atoms with E-state index in [4.69, 9.17) is 19.2 Å². The molecular formula is C31H32N2O3. The maximum absolute atomic E-state index is 6.08. The zero-order valence-electron chi connectivity index (χ0n) is 20.5. The summed E-state index contributed by atoms with van der Waals surface area (Å²) < 4.78 is 17.9. The molecular weight excluding hydrogens is 448 g/mol. The van der Waals surface area contributed by atoms with E-state index in [1.54, 1.807) is 0 Å². The summed E-state index contributed by atoms with van der Waals surface area (Å²) in [5, 5.41) is 1.14. The summed E-state index contributed by atoms with van der Waals surface area (Å²) in [4.78, 5) is 7.26. The topological polar surface area (TPSA) is 43.8 Å². The summed E-state index contributed by atoms with van der Waals surface area (Å²) in [6.45, 7) is 4.84. The number of hydrogen-bond acceptors (Lipinski definition) is 5. The Kier molecular flexibility index (Phi) is 6.69. The van der Waals surface area contributed by atoms with Crippen LogP contribution >= 0.6 is 0 Å². The van der Waals surface area contributed by atoms with Gasteiger partial charge in [0.25, 0.3) is 0 Å². The van der Waals surface area contributed by atoms with Gasteiger partial charge in [0.2, 0.25) is 0 Å². The van der Waals surface area contributed by atoms with Gasteiger partial charge in [-0.1, -0.05) is 66.7 Å². The van der Waals surface area contributed by atoms with Crippen molar-refractivity contribution in [1.29, 1.82) is 0 Å². The van der Waals surface area contributed by atoms with Crippen LogP contribution in [-0.2, 0) is 16.1 Å². The zero-order chi connectivity index (χ0) is 24.2. The van der Waals surface area contributed by atoms with Gasteiger partial charge in [-0.3, -0.25) is 0 Å². The van der Waals surface area contributed by atoms with E-state index in [0.717, 1.165) is 68.0 Å². The summed E-state index contributed by atoms with van der Waals surface area (Å²) in [6, 6.07) is 31.7. The smallest absolute Gasteiger partial charge is 0.170 e. The second kappa shape index (κ2) is 10.4. The molecule has 3 aromatic carbocycles. The molecule has 3 heterocycles. The number of fused-ring (bicyclic) bond motifs is 1. The summed E-state index contributed by atoms with van der Waals surface area (Å²) in [5.41, 5.74) is 4.55. The molecule has 0 N–H and O–H groups in total. The Morgan fingerprint density at radius 2 is 1.47 bits per heavy atom. The second-order valence-corrected chi connectivity index (χ2v) is 9.72. The van der Waals surface area contributed by atoms with Crippen molar-refractivity contribution in [3.8, 4) is 5.75 Å². The lowest BCUT2D eigenvalue weighted by atomic mass is 9.90. The monoisotopic (exact) mass is 480 g/mol. The molecule has 5 nitrogen and oxygen atoms in total. The van der Waals surface area contributed by atoms with Crippen LogP contribution in [0, 0.1) is 0 Å². The highest BCUT2D eigenvalue weighted by molar-refractivity contribution is 5.78. The molecule has 5 heteroatoms. The first kappa shape index (κ1) is 23.2. The molecule has 6 rings (SSSR count). The van der Waals surface area contributed by atoms with E-state index < -0.39 is 0 Å². The lowest BCUT2D eigenvalue weighted by molar-refractivity contribution is -0.185. The molecule has 2 aliphatic heterocycles. The number of para-hydroxylation sites is 1. The molecule has 2 aliphatic rings. The van der Waals surface area contributed by atoms with Crippen molar-refractivity contribution in [2.75, 3.05) is 32.8 Å². The minimum absolute atomic E-state index is 0.293. The van der Waals surface area contributed by atoms with Crippen LogP contribution in [0.15, 0.2) is 91.0 Å². The van der Waals surface area contributed by atoms with Crippen LogP contribution in [0.3, 0.4) is 0 Å². The number of rotatable bonds is 7. The Morgan fingerprint density at radius 3 is 2.25 bits per heavy atom. The van der Waals surface area contributed by atoms with Crippen molar-refractivity contribution in [2.45, 2.75) is 31.2 Å². The normalized spacial score (nSPS) is 18.4. The number of benzene rings is 3. The van der Waals surface area contributed by atoms with Crippen LogP contribution in [0.25, 0.3) is 10.9 Å². The van der Waals surface area contributed by atoms with Gasteiger partial charge in [0, 0.05) is 43.8 Å². The van der Waals surface area contributed by atoms with Gasteiger partial charge in [-0.25, -0.2) is 4.98 Å². The van der Waals surface area contributed by atoms with Gasteiger partial charge in [-0.2, -0.15) is 0 Å². The molecule has 1 atom stereocenters. The van der Waals surface area contributed by atoms with Crippen molar-refractivity contribution in [2.24, 2.45) is 0 Å². The first-order valence-corrected chi connectivity index (χ1v) is 12.9. The fourth-order valence-corrected chi connectivity index (χ4v) is 5.35. The average molecular weight is 481 g/mol. The number of likely N-dealkylation sites (tertiary alicyclic amines) is 1. The van der Waals surface area contributed by atoms with Gasteiger partial charge < -0.3 is 19.1 Å². The fraction of sp³-hybridized carbons (Fsp3) is 0.323. The number of piperidine rings is 1. The lowest BCUT2D eigenvalue weighted by Gasteiger charge is -2.39. The molecule has 36 heavy (non-hydrogen) atoms. The van der Waals surface area contributed by atoms with Crippen LogP contribution in [0.2, 0.25) is 0 Å². The third-order valence-electron chi connectivity index (χ3n) is 7.40. The minimum atomic E-state index is -0.336. The lowest BCUT2D eigenvalue weighted by Crippen LogP contribution is -2.46. The molecule has 0 saturated carbocycles.